The fraction of sp³-hybridized carbons (Fsp3) is 0.500. The van der Waals surface area contributed by atoms with Crippen LogP contribution in [0.3, 0.4) is 0 Å². The third-order valence-electron chi connectivity index (χ3n) is 6.45. The molecule has 0 bridgehead atoms. The van der Waals surface area contributed by atoms with Crippen molar-refractivity contribution in [3.8, 4) is 27.1 Å². The Labute approximate surface area is 232 Å². The molecule has 0 aliphatic carbocycles. The van der Waals surface area contributed by atoms with Crippen LogP contribution in [0.1, 0.15) is 102 Å². The summed E-state index contributed by atoms with van der Waals surface area (Å²) in [6.07, 6.45) is 15.4. The van der Waals surface area contributed by atoms with Crippen molar-refractivity contribution < 1.29 is 19.0 Å². The molecule has 38 heavy (non-hydrogen) atoms. The quantitative estimate of drug-likeness (QED) is 0.0918. The van der Waals surface area contributed by atoms with Crippen LogP contribution in [0.25, 0.3) is 10.4 Å². The van der Waals surface area contributed by atoms with Gasteiger partial charge in [-0.05, 0) is 68.1 Å². The SMILES string of the molecule is CCCCCCCCOc1ncc(-c2ccc(C(=O)Oc3ccc(O[C@@H](C)CCCCCC)cc3)cc2)s1. The lowest BCUT2D eigenvalue weighted by Crippen LogP contribution is -2.11. The topological polar surface area (TPSA) is 57.7 Å². The molecule has 1 heterocycles. The lowest BCUT2D eigenvalue weighted by molar-refractivity contribution is 0.0734. The fourth-order valence-electron chi connectivity index (χ4n) is 4.17. The average Bonchev–Trinajstić information content (AvgIpc) is 3.41. The van der Waals surface area contributed by atoms with Crippen molar-refractivity contribution in [1.82, 2.24) is 4.98 Å². The Morgan fingerprint density at radius 1 is 0.816 bits per heavy atom. The number of benzene rings is 2. The number of esters is 1. The molecule has 6 heteroatoms. The average molecular weight is 538 g/mol. The number of hydrogen-bond donors (Lipinski definition) is 0. The van der Waals surface area contributed by atoms with Gasteiger partial charge in [0, 0.05) is 6.20 Å². The van der Waals surface area contributed by atoms with Crippen molar-refractivity contribution in [2.24, 2.45) is 0 Å². The molecule has 0 spiro atoms. The highest BCUT2D eigenvalue weighted by molar-refractivity contribution is 7.16. The van der Waals surface area contributed by atoms with Crippen LogP contribution in [-0.4, -0.2) is 23.7 Å². The molecule has 2 aromatic carbocycles. The van der Waals surface area contributed by atoms with Crippen molar-refractivity contribution in [1.29, 1.82) is 0 Å². The smallest absolute Gasteiger partial charge is 0.343 e. The number of carbonyl (C=O) groups is 1. The zero-order valence-corrected chi connectivity index (χ0v) is 24.1. The Morgan fingerprint density at radius 3 is 2.16 bits per heavy atom. The Kier molecular flexibility index (Phi) is 13.2. The van der Waals surface area contributed by atoms with E-state index >= 15 is 0 Å². The van der Waals surface area contributed by atoms with Crippen molar-refractivity contribution in [2.75, 3.05) is 6.61 Å². The third kappa shape index (κ3) is 10.5. The third-order valence-corrected chi connectivity index (χ3v) is 7.41. The van der Waals surface area contributed by atoms with E-state index in [4.69, 9.17) is 14.2 Å². The number of ether oxygens (including phenoxy) is 3. The molecular formula is C32H43NO4S. The van der Waals surface area contributed by atoms with E-state index in [-0.39, 0.29) is 12.1 Å². The molecule has 0 saturated carbocycles. The maximum Gasteiger partial charge on any atom is 0.343 e. The standard InChI is InChI=1S/C32H43NO4S/c1-4-6-8-10-11-13-23-35-32-33-24-30(38-32)26-15-17-27(18-16-26)31(34)37-29-21-19-28(20-22-29)36-25(3)14-12-9-7-5-2/h15-22,24-25H,4-14,23H2,1-3H3/t25-/m0/s1. The minimum absolute atomic E-state index is 0.167. The van der Waals surface area contributed by atoms with Gasteiger partial charge >= 0.3 is 5.97 Å². The first kappa shape index (κ1) is 29.7. The maximum absolute atomic E-state index is 12.6. The normalized spacial score (nSPS) is 11.8. The van der Waals surface area contributed by atoms with Crippen molar-refractivity contribution in [3.05, 3.63) is 60.3 Å². The highest BCUT2D eigenvalue weighted by Crippen LogP contribution is 2.31. The van der Waals surface area contributed by atoms with Gasteiger partial charge < -0.3 is 14.2 Å². The van der Waals surface area contributed by atoms with E-state index in [1.54, 1.807) is 24.3 Å². The molecular weight excluding hydrogens is 494 g/mol. The summed E-state index contributed by atoms with van der Waals surface area (Å²) in [5.74, 6) is 0.899. The summed E-state index contributed by atoms with van der Waals surface area (Å²) in [5, 5.41) is 0.690. The number of rotatable bonds is 18. The van der Waals surface area contributed by atoms with E-state index in [2.05, 4.69) is 25.8 Å². The Balaban J connectivity index is 1.43. The van der Waals surface area contributed by atoms with Crippen LogP contribution in [0.15, 0.2) is 54.7 Å². The molecule has 0 aliphatic heterocycles. The Morgan fingerprint density at radius 2 is 1.45 bits per heavy atom. The maximum atomic E-state index is 12.6. The van der Waals surface area contributed by atoms with Gasteiger partial charge in [0.1, 0.15) is 11.5 Å². The summed E-state index contributed by atoms with van der Waals surface area (Å²) in [7, 11) is 0. The summed E-state index contributed by atoms with van der Waals surface area (Å²) in [6.45, 7) is 7.25. The summed E-state index contributed by atoms with van der Waals surface area (Å²) < 4.78 is 17.4. The fourth-order valence-corrected chi connectivity index (χ4v) is 4.97. The molecule has 0 amide bonds. The number of hydrogen-bond acceptors (Lipinski definition) is 6. The molecule has 0 N–H and O–H groups in total. The van der Waals surface area contributed by atoms with E-state index in [0.717, 1.165) is 29.0 Å². The van der Waals surface area contributed by atoms with E-state index in [9.17, 15) is 4.79 Å². The Bertz CT molecular complexity index is 1060. The molecule has 0 radical (unpaired) electrons. The van der Waals surface area contributed by atoms with Gasteiger partial charge in [-0.1, -0.05) is 88.7 Å². The number of thiazole rings is 1. The molecule has 3 aromatic rings. The second-order valence-corrected chi connectivity index (χ2v) is 10.8. The van der Waals surface area contributed by atoms with Gasteiger partial charge in [0.2, 0.25) is 0 Å². The van der Waals surface area contributed by atoms with Crippen LogP contribution >= 0.6 is 11.3 Å². The largest absolute Gasteiger partial charge is 0.491 e. The Hall–Kier alpha value is -2.86. The monoisotopic (exact) mass is 537 g/mol. The summed E-state index contributed by atoms with van der Waals surface area (Å²) in [4.78, 5) is 18.1. The van der Waals surface area contributed by atoms with Gasteiger partial charge in [-0.25, -0.2) is 9.78 Å². The highest BCUT2D eigenvalue weighted by Gasteiger charge is 2.11. The first-order chi connectivity index (χ1) is 18.6. The lowest BCUT2D eigenvalue weighted by atomic mass is 10.1. The van der Waals surface area contributed by atoms with Crippen molar-refractivity contribution in [3.63, 3.8) is 0 Å². The van der Waals surface area contributed by atoms with Crippen LogP contribution in [0.2, 0.25) is 0 Å². The van der Waals surface area contributed by atoms with Gasteiger partial charge in [-0.15, -0.1) is 0 Å². The molecule has 3 rings (SSSR count). The second kappa shape index (κ2) is 16.9. The van der Waals surface area contributed by atoms with Crippen LogP contribution in [0, 0.1) is 0 Å². The zero-order valence-electron chi connectivity index (χ0n) is 23.2. The molecule has 0 saturated heterocycles. The summed E-state index contributed by atoms with van der Waals surface area (Å²) >= 11 is 1.53. The molecule has 0 aliphatic rings. The van der Waals surface area contributed by atoms with E-state index in [0.29, 0.717) is 23.1 Å². The predicted molar refractivity (Wildman–Crippen MR) is 157 cm³/mol. The molecule has 206 valence electrons. The van der Waals surface area contributed by atoms with Gasteiger partial charge in [0.25, 0.3) is 5.19 Å². The van der Waals surface area contributed by atoms with Crippen LogP contribution in [0.5, 0.6) is 16.7 Å². The predicted octanol–water partition coefficient (Wildman–Crippen LogP) is 9.51. The first-order valence-corrected chi connectivity index (χ1v) is 15.1. The van der Waals surface area contributed by atoms with Crippen LogP contribution in [-0.2, 0) is 0 Å². The second-order valence-electron chi connectivity index (χ2n) is 9.82. The van der Waals surface area contributed by atoms with Gasteiger partial charge in [0.15, 0.2) is 0 Å². The minimum Gasteiger partial charge on any atom is -0.491 e. The highest BCUT2D eigenvalue weighted by atomic mass is 32.1. The van der Waals surface area contributed by atoms with Gasteiger partial charge in [0.05, 0.1) is 23.2 Å². The molecule has 1 aromatic heterocycles. The number of unbranched alkanes of at least 4 members (excludes halogenated alkanes) is 8. The minimum atomic E-state index is -0.387. The first-order valence-electron chi connectivity index (χ1n) is 14.3. The molecule has 5 nitrogen and oxygen atoms in total. The number of nitrogens with zero attached hydrogens (tertiary/aromatic N) is 1. The summed E-state index contributed by atoms with van der Waals surface area (Å²) in [6, 6.07) is 14.7. The van der Waals surface area contributed by atoms with E-state index in [1.165, 1.54) is 69.1 Å². The number of carbonyl (C=O) groups excluding carboxylic acids is 1. The molecule has 0 fully saturated rings. The van der Waals surface area contributed by atoms with Crippen molar-refractivity contribution >= 4 is 17.3 Å². The van der Waals surface area contributed by atoms with Gasteiger partial charge in [-0.2, -0.15) is 0 Å². The lowest BCUT2D eigenvalue weighted by Gasteiger charge is -2.15. The number of aromatic nitrogens is 1. The molecule has 1 atom stereocenters. The summed E-state index contributed by atoms with van der Waals surface area (Å²) in [5.41, 5.74) is 1.50. The zero-order chi connectivity index (χ0) is 27.0. The molecule has 0 unspecified atom stereocenters. The van der Waals surface area contributed by atoms with Crippen molar-refractivity contribution in [2.45, 2.75) is 97.5 Å². The van der Waals surface area contributed by atoms with E-state index in [1.807, 2.05) is 30.5 Å². The van der Waals surface area contributed by atoms with Crippen LogP contribution in [0.4, 0.5) is 0 Å². The van der Waals surface area contributed by atoms with Crippen LogP contribution < -0.4 is 14.2 Å². The van der Waals surface area contributed by atoms with E-state index < -0.39 is 0 Å². The van der Waals surface area contributed by atoms with Gasteiger partial charge in [-0.3, -0.25) is 0 Å².